The van der Waals surface area contributed by atoms with Crippen molar-refractivity contribution < 1.29 is 0 Å². The van der Waals surface area contributed by atoms with Gasteiger partial charge in [-0.1, -0.05) is 6.92 Å². The van der Waals surface area contributed by atoms with Crippen LogP contribution in [0.25, 0.3) is 0 Å². The Morgan fingerprint density at radius 1 is 1.47 bits per heavy atom. The maximum absolute atomic E-state index is 4.40. The summed E-state index contributed by atoms with van der Waals surface area (Å²) in [7, 11) is 0. The molecular weight excluding hydrogens is 206 g/mol. The molecule has 0 radical (unpaired) electrons. The minimum atomic E-state index is 0.619. The fraction of sp³-hybridized carbons (Fsp3) is 0.727. The number of nitrogens with one attached hydrogen (secondary N) is 2. The third-order valence-corrected chi connectivity index (χ3v) is 3.20. The minimum absolute atomic E-state index is 0.619. The fourth-order valence-electron chi connectivity index (χ4n) is 1.26. The average molecular weight is 227 g/mol. The highest BCUT2D eigenvalue weighted by Gasteiger charge is 1.98. The summed E-state index contributed by atoms with van der Waals surface area (Å²) < 4.78 is 0. The quantitative estimate of drug-likeness (QED) is 0.699. The Bertz CT molecular complexity index is 273. The van der Waals surface area contributed by atoms with Crippen LogP contribution in [0.5, 0.6) is 0 Å². The van der Waals surface area contributed by atoms with E-state index in [2.05, 4.69) is 34.8 Å². The van der Waals surface area contributed by atoms with Crippen molar-refractivity contribution in [1.29, 1.82) is 0 Å². The Labute approximate surface area is 96.3 Å². The van der Waals surface area contributed by atoms with Crippen molar-refractivity contribution in [2.45, 2.75) is 39.8 Å². The summed E-state index contributed by atoms with van der Waals surface area (Å²) in [5, 5.41) is 10.1. The van der Waals surface area contributed by atoms with Gasteiger partial charge in [0, 0.05) is 31.1 Å². The van der Waals surface area contributed by atoms with Crippen LogP contribution in [0.15, 0.2) is 5.38 Å². The van der Waals surface area contributed by atoms with Crippen molar-refractivity contribution in [2.24, 2.45) is 0 Å². The van der Waals surface area contributed by atoms with E-state index in [1.807, 2.05) is 6.92 Å². The van der Waals surface area contributed by atoms with E-state index in [9.17, 15) is 0 Å². The van der Waals surface area contributed by atoms with E-state index in [4.69, 9.17) is 0 Å². The summed E-state index contributed by atoms with van der Waals surface area (Å²) in [6.07, 6.45) is 1.19. The Balaban J connectivity index is 2.02. The molecular formula is C11H21N3S. The number of thiazole rings is 1. The molecule has 1 unspecified atom stereocenters. The van der Waals surface area contributed by atoms with Gasteiger partial charge in [-0.05, 0) is 20.3 Å². The first kappa shape index (κ1) is 12.6. The first-order valence-corrected chi connectivity index (χ1v) is 6.45. The van der Waals surface area contributed by atoms with E-state index in [1.165, 1.54) is 6.42 Å². The van der Waals surface area contributed by atoms with Crippen LogP contribution in [0.1, 0.15) is 31.0 Å². The molecule has 1 heterocycles. The van der Waals surface area contributed by atoms with Crippen LogP contribution in [0.2, 0.25) is 0 Å². The molecule has 0 aromatic carbocycles. The van der Waals surface area contributed by atoms with Gasteiger partial charge in [0.05, 0.1) is 10.7 Å². The predicted octanol–water partition coefficient (Wildman–Crippen LogP) is 1.93. The molecule has 0 bridgehead atoms. The largest absolute Gasteiger partial charge is 0.313 e. The third-order valence-electron chi connectivity index (χ3n) is 2.38. The highest BCUT2D eigenvalue weighted by atomic mass is 32.1. The smallest absolute Gasteiger partial charge is 0.0897 e. The second-order valence-electron chi connectivity index (χ2n) is 3.80. The van der Waals surface area contributed by atoms with E-state index in [-0.39, 0.29) is 0 Å². The lowest BCUT2D eigenvalue weighted by Crippen LogP contribution is -2.32. The van der Waals surface area contributed by atoms with Crippen molar-refractivity contribution in [3.63, 3.8) is 0 Å². The second-order valence-corrected chi connectivity index (χ2v) is 4.86. The molecule has 86 valence electrons. The van der Waals surface area contributed by atoms with Crippen LogP contribution in [-0.4, -0.2) is 24.1 Å². The van der Waals surface area contributed by atoms with Gasteiger partial charge in [-0.2, -0.15) is 0 Å². The zero-order chi connectivity index (χ0) is 11.1. The number of hydrogen-bond acceptors (Lipinski definition) is 4. The molecule has 4 heteroatoms. The molecule has 0 spiro atoms. The van der Waals surface area contributed by atoms with Crippen LogP contribution in [0.4, 0.5) is 0 Å². The number of aromatic nitrogens is 1. The number of rotatable bonds is 7. The first-order valence-electron chi connectivity index (χ1n) is 5.57. The van der Waals surface area contributed by atoms with Crippen LogP contribution in [0.3, 0.4) is 0 Å². The lowest BCUT2D eigenvalue weighted by molar-refractivity contribution is 0.516. The van der Waals surface area contributed by atoms with Crippen molar-refractivity contribution in [1.82, 2.24) is 15.6 Å². The summed E-state index contributed by atoms with van der Waals surface area (Å²) >= 11 is 1.71. The molecule has 0 saturated carbocycles. The topological polar surface area (TPSA) is 37.0 Å². The first-order chi connectivity index (χ1) is 7.22. The van der Waals surface area contributed by atoms with E-state index < -0.39 is 0 Å². The van der Waals surface area contributed by atoms with Gasteiger partial charge in [0.1, 0.15) is 0 Å². The van der Waals surface area contributed by atoms with Gasteiger partial charge in [0.2, 0.25) is 0 Å². The SMILES string of the molecule is CCC(C)NCCNCc1csc(C)n1. The molecule has 2 N–H and O–H groups in total. The Morgan fingerprint density at radius 2 is 2.27 bits per heavy atom. The van der Waals surface area contributed by atoms with E-state index >= 15 is 0 Å². The standard InChI is InChI=1S/C11H21N3S/c1-4-9(2)13-6-5-12-7-11-8-15-10(3)14-11/h8-9,12-13H,4-7H2,1-3H3. The summed E-state index contributed by atoms with van der Waals surface area (Å²) in [4.78, 5) is 4.40. The number of nitrogens with zero attached hydrogens (tertiary/aromatic N) is 1. The van der Waals surface area contributed by atoms with Crippen molar-refractivity contribution in [3.8, 4) is 0 Å². The predicted molar refractivity (Wildman–Crippen MR) is 66.3 cm³/mol. The van der Waals surface area contributed by atoms with Gasteiger partial charge < -0.3 is 10.6 Å². The molecule has 3 nitrogen and oxygen atoms in total. The van der Waals surface area contributed by atoms with Crippen LogP contribution >= 0.6 is 11.3 Å². The summed E-state index contributed by atoms with van der Waals surface area (Å²) in [6.45, 7) is 9.36. The van der Waals surface area contributed by atoms with E-state index in [0.29, 0.717) is 6.04 Å². The highest BCUT2D eigenvalue weighted by Crippen LogP contribution is 2.06. The third kappa shape index (κ3) is 5.25. The van der Waals surface area contributed by atoms with Gasteiger partial charge >= 0.3 is 0 Å². The second kappa shape index (κ2) is 6.93. The molecule has 0 aliphatic heterocycles. The van der Waals surface area contributed by atoms with Crippen LogP contribution in [-0.2, 0) is 6.54 Å². The van der Waals surface area contributed by atoms with Gasteiger partial charge in [0.15, 0.2) is 0 Å². The van der Waals surface area contributed by atoms with Crippen molar-refractivity contribution in [2.75, 3.05) is 13.1 Å². The fourth-order valence-corrected chi connectivity index (χ4v) is 1.87. The average Bonchev–Trinajstić information content (AvgIpc) is 2.63. The number of hydrogen-bond donors (Lipinski definition) is 2. The van der Waals surface area contributed by atoms with Crippen molar-refractivity contribution >= 4 is 11.3 Å². The lowest BCUT2D eigenvalue weighted by atomic mass is 10.2. The van der Waals surface area contributed by atoms with Crippen LogP contribution in [0, 0.1) is 6.92 Å². The van der Waals surface area contributed by atoms with Gasteiger partial charge in [-0.25, -0.2) is 4.98 Å². The molecule has 0 saturated heterocycles. The summed E-state index contributed by atoms with van der Waals surface area (Å²) in [6, 6.07) is 0.619. The highest BCUT2D eigenvalue weighted by molar-refractivity contribution is 7.09. The molecule has 0 amide bonds. The van der Waals surface area contributed by atoms with Crippen LogP contribution < -0.4 is 10.6 Å². The van der Waals surface area contributed by atoms with Gasteiger partial charge in [0.25, 0.3) is 0 Å². The summed E-state index contributed by atoms with van der Waals surface area (Å²) in [5.74, 6) is 0. The van der Waals surface area contributed by atoms with E-state index in [0.717, 1.165) is 30.3 Å². The van der Waals surface area contributed by atoms with Gasteiger partial charge in [-0.15, -0.1) is 11.3 Å². The zero-order valence-electron chi connectivity index (χ0n) is 9.84. The zero-order valence-corrected chi connectivity index (χ0v) is 10.7. The molecule has 15 heavy (non-hydrogen) atoms. The normalized spacial score (nSPS) is 13.0. The maximum Gasteiger partial charge on any atom is 0.0897 e. The molecule has 1 aromatic rings. The Hall–Kier alpha value is -0.450. The Morgan fingerprint density at radius 3 is 2.87 bits per heavy atom. The van der Waals surface area contributed by atoms with Gasteiger partial charge in [-0.3, -0.25) is 0 Å². The minimum Gasteiger partial charge on any atom is -0.313 e. The maximum atomic E-state index is 4.40. The molecule has 0 aliphatic carbocycles. The van der Waals surface area contributed by atoms with E-state index in [1.54, 1.807) is 11.3 Å². The molecule has 1 atom stereocenters. The monoisotopic (exact) mass is 227 g/mol. The molecule has 1 rings (SSSR count). The molecule has 0 aliphatic rings. The van der Waals surface area contributed by atoms with Crippen molar-refractivity contribution in [3.05, 3.63) is 16.1 Å². The molecule has 0 fully saturated rings. The molecule has 1 aromatic heterocycles. The Kier molecular flexibility index (Phi) is 5.83. The number of aryl methyl sites for hydroxylation is 1. The lowest BCUT2D eigenvalue weighted by Gasteiger charge is -2.10. The summed E-state index contributed by atoms with van der Waals surface area (Å²) in [5.41, 5.74) is 1.15.